The molecule has 1 unspecified atom stereocenters. The molecule has 2 aromatic rings. The van der Waals surface area contributed by atoms with Gasteiger partial charge in [0.15, 0.2) is 9.84 Å². The summed E-state index contributed by atoms with van der Waals surface area (Å²) >= 11 is 1.61. The highest BCUT2D eigenvalue weighted by atomic mass is 32.2. The van der Waals surface area contributed by atoms with E-state index in [0.29, 0.717) is 12.1 Å². The number of rotatable bonds is 3. The highest BCUT2D eigenvalue weighted by Crippen LogP contribution is 2.36. The van der Waals surface area contributed by atoms with Crippen LogP contribution in [0.2, 0.25) is 0 Å². The van der Waals surface area contributed by atoms with Crippen molar-refractivity contribution < 1.29 is 8.42 Å². The van der Waals surface area contributed by atoms with E-state index in [2.05, 4.69) is 11.4 Å². The number of nitrogens with one attached hydrogen (secondary N) is 1. The van der Waals surface area contributed by atoms with Gasteiger partial charge in [0.05, 0.1) is 16.7 Å². The molecular weight excluding hydrogens is 304 g/mol. The van der Waals surface area contributed by atoms with Gasteiger partial charge in [0.2, 0.25) is 0 Å². The van der Waals surface area contributed by atoms with Crippen molar-refractivity contribution in [3.8, 4) is 6.07 Å². The second-order valence-corrected chi connectivity index (χ2v) is 8.12. The number of nitriles is 1. The minimum Gasteiger partial charge on any atom is -0.291 e. The Morgan fingerprint density at radius 2 is 2.10 bits per heavy atom. The average Bonchev–Trinajstić information content (AvgIpc) is 3.01. The fourth-order valence-electron chi connectivity index (χ4n) is 2.61. The lowest BCUT2D eigenvalue weighted by Gasteiger charge is -2.33. The van der Waals surface area contributed by atoms with Crippen molar-refractivity contribution in [1.82, 2.24) is 5.32 Å². The predicted octanol–water partition coefficient (Wildman–Crippen LogP) is 2.43. The largest absolute Gasteiger partial charge is 0.291 e. The highest BCUT2D eigenvalue weighted by molar-refractivity contribution is 7.91. The van der Waals surface area contributed by atoms with Crippen LogP contribution in [0.15, 0.2) is 46.7 Å². The Morgan fingerprint density at radius 3 is 2.81 bits per heavy atom. The van der Waals surface area contributed by atoms with Crippen LogP contribution in [-0.2, 0) is 21.9 Å². The lowest BCUT2D eigenvalue weighted by atomic mass is 9.88. The van der Waals surface area contributed by atoms with Gasteiger partial charge in [-0.3, -0.25) is 5.32 Å². The van der Waals surface area contributed by atoms with E-state index in [-0.39, 0.29) is 17.1 Å². The van der Waals surface area contributed by atoms with Gasteiger partial charge in [-0.2, -0.15) is 5.26 Å². The Balaban J connectivity index is 2.01. The molecule has 1 aliphatic rings. The smallest absolute Gasteiger partial charge is 0.178 e. The molecule has 3 rings (SSSR count). The summed E-state index contributed by atoms with van der Waals surface area (Å²) < 4.78 is 24.3. The first-order valence-electron chi connectivity index (χ1n) is 6.58. The van der Waals surface area contributed by atoms with Crippen LogP contribution >= 0.6 is 11.3 Å². The first-order chi connectivity index (χ1) is 10.1. The standard InChI is InChI=1S/C15H14N2O2S2/c16-11-15(17-10-12-4-3-8-20-12)7-9-21(18,19)14-6-2-1-5-13(14)15/h1-6,8,17H,7,9-10H2. The topological polar surface area (TPSA) is 70.0 Å². The maximum atomic E-state index is 12.2. The lowest BCUT2D eigenvalue weighted by molar-refractivity contribution is 0.396. The van der Waals surface area contributed by atoms with E-state index in [0.717, 1.165) is 4.88 Å². The molecular formula is C15H14N2O2S2. The van der Waals surface area contributed by atoms with Gasteiger partial charge in [-0.1, -0.05) is 24.3 Å². The third-order valence-electron chi connectivity index (χ3n) is 3.76. The molecule has 4 nitrogen and oxygen atoms in total. The van der Waals surface area contributed by atoms with Gasteiger partial charge in [-0.25, -0.2) is 8.42 Å². The van der Waals surface area contributed by atoms with Gasteiger partial charge >= 0.3 is 0 Å². The molecule has 0 saturated heterocycles. The summed E-state index contributed by atoms with van der Waals surface area (Å²) in [5.74, 6) is -0.00495. The number of fused-ring (bicyclic) bond motifs is 1. The van der Waals surface area contributed by atoms with E-state index in [4.69, 9.17) is 0 Å². The molecule has 0 bridgehead atoms. The molecule has 1 aromatic heterocycles. The van der Waals surface area contributed by atoms with E-state index >= 15 is 0 Å². The first-order valence-corrected chi connectivity index (χ1v) is 9.11. The van der Waals surface area contributed by atoms with Gasteiger partial charge in [0, 0.05) is 17.0 Å². The van der Waals surface area contributed by atoms with E-state index in [1.165, 1.54) is 0 Å². The van der Waals surface area contributed by atoms with E-state index in [1.54, 1.807) is 35.6 Å². The van der Waals surface area contributed by atoms with E-state index in [9.17, 15) is 13.7 Å². The number of thiophene rings is 1. The Labute approximate surface area is 128 Å². The highest BCUT2D eigenvalue weighted by Gasteiger charge is 2.42. The summed E-state index contributed by atoms with van der Waals surface area (Å²) in [6, 6.07) is 13.0. The van der Waals surface area contributed by atoms with Crippen LogP contribution in [0.1, 0.15) is 16.9 Å². The van der Waals surface area contributed by atoms with Crippen LogP contribution in [0.25, 0.3) is 0 Å². The number of benzene rings is 1. The van der Waals surface area contributed by atoms with Crippen LogP contribution in [0, 0.1) is 11.3 Å². The number of sulfone groups is 1. The Kier molecular flexibility index (Phi) is 3.57. The minimum absolute atomic E-state index is 0.00495. The van der Waals surface area contributed by atoms with Gasteiger partial charge < -0.3 is 0 Å². The molecule has 1 atom stereocenters. The van der Waals surface area contributed by atoms with E-state index < -0.39 is 15.4 Å². The second kappa shape index (κ2) is 5.26. The fraction of sp³-hybridized carbons (Fsp3) is 0.267. The monoisotopic (exact) mass is 318 g/mol. The summed E-state index contributed by atoms with van der Waals surface area (Å²) in [6.45, 7) is 0.555. The van der Waals surface area contributed by atoms with Crippen molar-refractivity contribution in [2.24, 2.45) is 0 Å². The number of hydrogen-bond donors (Lipinski definition) is 1. The van der Waals surface area contributed by atoms with E-state index in [1.807, 2.05) is 17.5 Å². The molecule has 0 amide bonds. The second-order valence-electron chi connectivity index (χ2n) is 5.02. The molecule has 1 aromatic carbocycles. The molecule has 2 heterocycles. The molecule has 1 aliphatic heterocycles. The molecule has 1 N–H and O–H groups in total. The predicted molar refractivity (Wildman–Crippen MR) is 81.6 cm³/mol. The molecule has 21 heavy (non-hydrogen) atoms. The zero-order valence-electron chi connectivity index (χ0n) is 11.2. The summed E-state index contributed by atoms with van der Waals surface area (Å²) in [5, 5.41) is 14.9. The molecule has 0 fully saturated rings. The van der Waals surface area contributed by atoms with Crippen molar-refractivity contribution in [2.45, 2.75) is 23.4 Å². The lowest BCUT2D eigenvalue weighted by Crippen LogP contribution is -2.45. The molecule has 0 radical (unpaired) electrons. The normalized spacial score (nSPS) is 23.2. The van der Waals surface area contributed by atoms with Crippen LogP contribution in [0.4, 0.5) is 0 Å². The maximum absolute atomic E-state index is 12.2. The van der Waals surface area contributed by atoms with Crippen molar-refractivity contribution in [3.63, 3.8) is 0 Å². The van der Waals surface area contributed by atoms with Gasteiger partial charge in [0.1, 0.15) is 5.54 Å². The van der Waals surface area contributed by atoms with Crippen LogP contribution < -0.4 is 5.32 Å². The summed E-state index contributed by atoms with van der Waals surface area (Å²) in [6.07, 6.45) is 0.272. The minimum atomic E-state index is -3.28. The van der Waals surface area contributed by atoms with Gasteiger partial charge in [-0.15, -0.1) is 11.3 Å². The molecule has 6 heteroatoms. The number of nitrogens with zero attached hydrogens (tertiary/aromatic N) is 1. The van der Waals surface area contributed by atoms with Gasteiger partial charge in [0.25, 0.3) is 0 Å². The zero-order chi connectivity index (χ0) is 14.9. The number of hydrogen-bond acceptors (Lipinski definition) is 5. The zero-order valence-corrected chi connectivity index (χ0v) is 12.9. The van der Waals surface area contributed by atoms with Crippen LogP contribution in [0.3, 0.4) is 0 Å². The van der Waals surface area contributed by atoms with Crippen molar-refractivity contribution in [1.29, 1.82) is 5.26 Å². The Morgan fingerprint density at radius 1 is 1.29 bits per heavy atom. The average molecular weight is 318 g/mol. The summed E-state index contributed by atoms with van der Waals surface area (Å²) in [7, 11) is -3.28. The Hall–Kier alpha value is -1.68. The van der Waals surface area contributed by atoms with Crippen molar-refractivity contribution in [2.75, 3.05) is 5.75 Å². The fourth-order valence-corrected chi connectivity index (χ4v) is 4.92. The van der Waals surface area contributed by atoms with Crippen LogP contribution in [-0.4, -0.2) is 14.2 Å². The third kappa shape index (κ3) is 2.48. The first kappa shape index (κ1) is 14.3. The van der Waals surface area contributed by atoms with Crippen molar-refractivity contribution in [3.05, 3.63) is 52.2 Å². The Bertz CT molecular complexity index is 791. The molecule has 0 saturated carbocycles. The summed E-state index contributed by atoms with van der Waals surface area (Å²) in [4.78, 5) is 1.40. The van der Waals surface area contributed by atoms with Crippen LogP contribution in [0.5, 0.6) is 0 Å². The third-order valence-corrected chi connectivity index (χ3v) is 6.41. The molecule has 0 spiro atoms. The summed E-state index contributed by atoms with van der Waals surface area (Å²) in [5.41, 5.74) is -0.373. The SMILES string of the molecule is N#CC1(NCc2cccs2)CCS(=O)(=O)c2ccccc21. The molecule has 108 valence electrons. The molecule has 0 aliphatic carbocycles. The maximum Gasteiger partial charge on any atom is 0.178 e. The van der Waals surface area contributed by atoms with Gasteiger partial charge in [-0.05, 0) is 23.9 Å². The van der Waals surface area contributed by atoms with Crippen molar-refractivity contribution >= 4 is 21.2 Å². The quantitative estimate of drug-likeness (QED) is 0.943.